The minimum Gasteiger partial charge on any atom is -0.508 e. The minimum atomic E-state index is -2.48. The highest BCUT2D eigenvalue weighted by atomic mass is 16.7. The third-order valence-corrected chi connectivity index (χ3v) is 11.4. The van der Waals surface area contributed by atoms with Crippen LogP contribution >= 0.6 is 0 Å². The van der Waals surface area contributed by atoms with Crippen molar-refractivity contribution in [1.29, 1.82) is 0 Å². The smallest absolute Gasteiger partial charge is 0.340 e. The van der Waals surface area contributed by atoms with Crippen LogP contribution in [-0.4, -0.2) is 109 Å². The Morgan fingerprint density at radius 3 is 2.57 bits per heavy atom. The Balaban J connectivity index is 1.27. The molecule has 0 amide bonds. The van der Waals surface area contributed by atoms with Gasteiger partial charge in [-0.05, 0) is 67.9 Å². The summed E-state index contributed by atoms with van der Waals surface area (Å²) in [7, 11) is 6.56. The molecule has 8 rings (SSSR count). The number of fused-ring (bicyclic) bond motifs is 4. The maximum atomic E-state index is 12.7. The van der Waals surface area contributed by atoms with Crippen molar-refractivity contribution in [2.24, 2.45) is 0 Å². The number of carbonyl (C=O) groups is 1. The van der Waals surface area contributed by atoms with Crippen molar-refractivity contribution in [3.05, 3.63) is 59.2 Å². The quantitative estimate of drug-likeness (QED) is 0.165. The summed E-state index contributed by atoms with van der Waals surface area (Å²) in [4.78, 5) is 12.7. The van der Waals surface area contributed by atoms with Crippen LogP contribution in [-0.2, 0) is 14.9 Å². The molecule has 8 N–H and O–H groups in total. The van der Waals surface area contributed by atoms with E-state index in [2.05, 4.69) is 16.0 Å². The van der Waals surface area contributed by atoms with Gasteiger partial charge in [-0.2, -0.15) is 0 Å². The molecule has 1 spiro atoms. The zero-order valence-electron chi connectivity index (χ0n) is 28.4. The number of hydrogen-bond donors (Lipinski definition) is 8. The van der Waals surface area contributed by atoms with Crippen LogP contribution in [0.15, 0.2) is 42.5 Å². The Bertz CT molecular complexity index is 1910. The number of methoxy groups -OCH3 is 2. The summed E-state index contributed by atoms with van der Waals surface area (Å²) in [6.45, 7) is 0.108. The van der Waals surface area contributed by atoms with Gasteiger partial charge in [0.2, 0.25) is 17.6 Å². The van der Waals surface area contributed by atoms with E-state index in [0.717, 1.165) is 24.0 Å². The molecule has 9 atom stereocenters. The van der Waals surface area contributed by atoms with Crippen LogP contribution in [0.1, 0.15) is 41.7 Å². The van der Waals surface area contributed by atoms with Gasteiger partial charge in [-0.15, -0.1) is 0 Å². The number of aliphatic hydroxyl groups excluding tert-OH is 2. The number of benzene rings is 3. The lowest BCUT2D eigenvalue weighted by atomic mass is 9.64. The number of phenolic OH excluding ortho intramolecular Hbond substituents is 1. The summed E-state index contributed by atoms with van der Waals surface area (Å²) >= 11 is 0. The molecule has 0 aromatic heterocycles. The lowest BCUT2D eigenvalue weighted by molar-refractivity contribution is -0.362. The molecule has 1 aliphatic carbocycles. The van der Waals surface area contributed by atoms with Crippen molar-refractivity contribution >= 4 is 5.97 Å². The molecule has 3 aromatic rings. The van der Waals surface area contributed by atoms with E-state index in [0.29, 0.717) is 39.7 Å². The van der Waals surface area contributed by atoms with Crippen LogP contribution in [0.2, 0.25) is 0 Å². The maximum Gasteiger partial charge on any atom is 0.340 e. The summed E-state index contributed by atoms with van der Waals surface area (Å²) in [5.41, 5.74) is -1.61. The average Bonchev–Trinajstić information content (AvgIpc) is 3.48. The maximum absolute atomic E-state index is 12.7. The molecule has 15 nitrogen and oxygen atoms in total. The third-order valence-electron chi connectivity index (χ3n) is 11.4. The van der Waals surface area contributed by atoms with Gasteiger partial charge < -0.3 is 64.6 Å². The molecule has 3 aromatic carbocycles. The number of aliphatic carboxylic acids is 1. The third kappa shape index (κ3) is 4.52. The number of ether oxygens (including phenoxy) is 6. The van der Waals surface area contributed by atoms with Gasteiger partial charge in [0, 0.05) is 29.8 Å². The second-order valence-corrected chi connectivity index (χ2v) is 13.8. The van der Waals surface area contributed by atoms with Gasteiger partial charge in [0.1, 0.15) is 36.1 Å². The molecule has 0 saturated carbocycles. The van der Waals surface area contributed by atoms with E-state index in [9.17, 15) is 30.3 Å². The number of piperidine rings is 1. The Kier molecular flexibility index (Phi) is 7.85. The lowest BCUT2D eigenvalue weighted by Crippen LogP contribution is -2.87. The first-order valence-electron chi connectivity index (χ1n) is 16.8. The van der Waals surface area contributed by atoms with E-state index in [-0.39, 0.29) is 30.7 Å². The fourth-order valence-electron chi connectivity index (χ4n) is 8.85. The van der Waals surface area contributed by atoms with Crippen molar-refractivity contribution in [2.45, 2.75) is 66.3 Å². The topological polar surface area (TPSA) is 210 Å². The van der Waals surface area contributed by atoms with Gasteiger partial charge in [0.25, 0.3) is 0 Å². The fourth-order valence-corrected chi connectivity index (χ4v) is 8.85. The standard InChI is InChI=1S/C36H41N3O12/c1-37-21-8-9-34-15-48-22-12-18(49-31-29(41)36(45)32(42)35(51-31,33(43)44)24(38-2)14-39-36)11-19(16-6-5-7-17(40)10-16)25(22)30(34)50-28-26(34)20(21)13-23(46-3)27(28)47-4/h5-7,10-13,21,24,29-32,37-42,45H,8-9,14-15H2,1-4H3,(H,43,44)/t21-,24-,29+,30+,31-,32-,34+,35+,36-/m1/s1. The number of aliphatic hydroxyl groups is 3. The van der Waals surface area contributed by atoms with Gasteiger partial charge in [0.05, 0.1) is 25.7 Å². The van der Waals surface area contributed by atoms with Gasteiger partial charge in [-0.1, -0.05) is 12.1 Å². The fraction of sp³-hybridized carbons (Fsp3) is 0.472. The summed E-state index contributed by atoms with van der Waals surface area (Å²) in [6, 6.07) is 10.9. The molecular weight excluding hydrogens is 666 g/mol. The van der Waals surface area contributed by atoms with Crippen molar-refractivity contribution in [3.63, 3.8) is 0 Å². The van der Waals surface area contributed by atoms with Crippen LogP contribution in [0.3, 0.4) is 0 Å². The summed E-state index contributed by atoms with van der Waals surface area (Å²) < 4.78 is 37.2. The number of hydrogen-bond acceptors (Lipinski definition) is 14. The first-order valence-corrected chi connectivity index (χ1v) is 16.8. The molecule has 2 fully saturated rings. The van der Waals surface area contributed by atoms with E-state index in [1.54, 1.807) is 44.6 Å². The molecule has 51 heavy (non-hydrogen) atoms. The molecule has 4 aliphatic heterocycles. The molecule has 2 bridgehead atoms. The predicted molar refractivity (Wildman–Crippen MR) is 178 cm³/mol. The second-order valence-electron chi connectivity index (χ2n) is 13.8. The summed E-state index contributed by atoms with van der Waals surface area (Å²) in [5.74, 6) is 0.529. The number of phenols is 1. The molecule has 15 heteroatoms. The number of carboxylic acids is 1. The van der Waals surface area contributed by atoms with Crippen LogP contribution in [0.25, 0.3) is 11.1 Å². The van der Waals surface area contributed by atoms with Crippen molar-refractivity contribution in [3.8, 4) is 45.6 Å². The second kappa shape index (κ2) is 11.8. The predicted octanol–water partition coefficient (Wildman–Crippen LogP) is 1.05. The van der Waals surface area contributed by atoms with Gasteiger partial charge in [0.15, 0.2) is 23.3 Å². The zero-order chi connectivity index (χ0) is 36.0. The molecule has 5 aliphatic rings. The Hall–Kier alpha value is -4.35. The molecule has 4 heterocycles. The first-order chi connectivity index (χ1) is 24.5. The lowest BCUT2D eigenvalue weighted by Gasteiger charge is -2.58. The van der Waals surface area contributed by atoms with E-state index < -0.39 is 53.4 Å². The molecule has 272 valence electrons. The van der Waals surface area contributed by atoms with Gasteiger partial charge in [-0.25, -0.2) is 4.79 Å². The van der Waals surface area contributed by atoms with E-state index >= 15 is 0 Å². The Morgan fingerprint density at radius 1 is 1.08 bits per heavy atom. The van der Waals surface area contributed by atoms with Crippen molar-refractivity contribution in [1.82, 2.24) is 16.0 Å². The van der Waals surface area contributed by atoms with Crippen LogP contribution in [0.5, 0.6) is 34.5 Å². The highest BCUT2D eigenvalue weighted by Gasteiger charge is 2.71. The van der Waals surface area contributed by atoms with Gasteiger partial charge >= 0.3 is 5.97 Å². The average molecular weight is 708 g/mol. The van der Waals surface area contributed by atoms with E-state index in [1.807, 2.05) is 19.2 Å². The number of carboxylic acid groups (broad SMARTS) is 1. The van der Waals surface area contributed by atoms with Crippen molar-refractivity contribution in [2.75, 3.05) is 41.5 Å². The Labute approximate surface area is 293 Å². The highest BCUT2D eigenvalue weighted by molar-refractivity contribution is 5.81. The monoisotopic (exact) mass is 707 g/mol. The SMILES string of the molecule is CN[C@@H]1CC[C@@]23COc4cc(O[C@@H]5O[C@@]6(C(=O)O)[C@H](NC)CN[C@@](O)([C@H]5O)[C@@H]6O)cc(-c5cccc(O)c5)c4[C@@H]2Oc2c(OC)c(OC)cc1c23. The van der Waals surface area contributed by atoms with E-state index in [4.69, 9.17) is 28.4 Å². The number of aromatic hydroxyl groups is 1. The Morgan fingerprint density at radius 2 is 1.88 bits per heavy atom. The van der Waals surface area contributed by atoms with E-state index in [1.165, 1.54) is 7.05 Å². The van der Waals surface area contributed by atoms with Gasteiger partial charge in [-0.3, -0.25) is 5.32 Å². The summed E-state index contributed by atoms with van der Waals surface area (Å²) in [6.07, 6.45) is -4.80. The number of rotatable bonds is 8. The molecular formula is C36H41N3O12. The van der Waals surface area contributed by atoms with Crippen LogP contribution in [0, 0.1) is 0 Å². The highest BCUT2D eigenvalue weighted by Crippen LogP contribution is 2.66. The summed E-state index contributed by atoms with van der Waals surface area (Å²) in [5, 5.41) is 63.6. The first kappa shape index (κ1) is 33.8. The van der Waals surface area contributed by atoms with Crippen molar-refractivity contribution < 1.29 is 58.7 Å². The minimum absolute atomic E-state index is 0.0144. The zero-order valence-corrected chi connectivity index (χ0v) is 28.4. The van der Waals surface area contributed by atoms with Crippen LogP contribution < -0.4 is 39.6 Å². The largest absolute Gasteiger partial charge is 0.508 e. The molecule has 2 saturated heterocycles. The molecule has 0 radical (unpaired) electrons. The molecule has 0 unspecified atom stereocenters. The normalized spacial score (nSPS) is 34.3. The number of nitrogens with one attached hydrogen (secondary N) is 3. The number of likely N-dealkylation sites (N-methyl/N-ethyl adjacent to an activating group) is 1. The van der Waals surface area contributed by atoms with Crippen LogP contribution in [0.4, 0.5) is 0 Å².